The molecule has 162 valence electrons. The molecule has 3 aromatic rings. The van der Waals surface area contributed by atoms with E-state index in [1.54, 1.807) is 0 Å². The predicted octanol–water partition coefficient (Wildman–Crippen LogP) is 4.62. The van der Waals surface area contributed by atoms with E-state index in [0.717, 1.165) is 44.6 Å². The monoisotopic (exact) mass is 480 g/mol. The maximum absolute atomic E-state index is 5.60. The maximum atomic E-state index is 5.60. The Morgan fingerprint density at radius 2 is 1.77 bits per heavy atom. The second kappa shape index (κ2) is 10.3. The van der Waals surface area contributed by atoms with E-state index in [9.17, 15) is 0 Å². The van der Waals surface area contributed by atoms with Gasteiger partial charge in [0.2, 0.25) is 0 Å². The van der Waals surface area contributed by atoms with E-state index >= 15 is 0 Å². The van der Waals surface area contributed by atoms with Crippen molar-refractivity contribution >= 4 is 63.6 Å². The summed E-state index contributed by atoms with van der Waals surface area (Å²) in [4.78, 5) is 7.30. The number of nitrogens with zero attached hydrogens (tertiary/aromatic N) is 2. The topological polar surface area (TPSA) is 53.6 Å². The molecular formula is C26H32N4Se. The van der Waals surface area contributed by atoms with Gasteiger partial charge in [0.05, 0.1) is 0 Å². The minimum absolute atomic E-state index is 0.245. The first kappa shape index (κ1) is 21.9. The molecule has 0 saturated carbocycles. The first-order valence-corrected chi connectivity index (χ1v) is 13.1. The van der Waals surface area contributed by atoms with E-state index in [0.29, 0.717) is 0 Å². The van der Waals surface area contributed by atoms with Gasteiger partial charge in [0.25, 0.3) is 0 Å². The molecule has 0 unspecified atom stereocenters. The molecule has 5 heteroatoms. The second-order valence-electron chi connectivity index (χ2n) is 7.84. The van der Waals surface area contributed by atoms with Gasteiger partial charge in [-0.25, -0.2) is 0 Å². The Hall–Kier alpha value is -2.33. The number of hydrogen-bond acceptors (Lipinski definition) is 4. The van der Waals surface area contributed by atoms with Crippen LogP contribution in [0.2, 0.25) is 0 Å². The van der Waals surface area contributed by atoms with E-state index in [4.69, 9.17) is 10.7 Å². The SMILES string of the molecule is CCN(CC)c1ccc2c(c1)[Se]c1cc(N=CCCCCCN)c3ccccc3c1N2. The Balaban J connectivity index is 1.65. The van der Waals surface area contributed by atoms with Crippen molar-refractivity contribution in [3.05, 3.63) is 48.5 Å². The van der Waals surface area contributed by atoms with E-state index in [-0.39, 0.29) is 15.0 Å². The van der Waals surface area contributed by atoms with Gasteiger partial charge in [0.15, 0.2) is 0 Å². The normalized spacial score (nSPS) is 12.6. The molecule has 1 heterocycles. The van der Waals surface area contributed by atoms with Gasteiger partial charge in [-0.05, 0) is 0 Å². The number of aliphatic imine (C=N–C) groups is 1. The molecule has 0 bridgehead atoms. The Labute approximate surface area is 192 Å². The van der Waals surface area contributed by atoms with Crippen LogP contribution in [0.1, 0.15) is 39.5 Å². The summed E-state index contributed by atoms with van der Waals surface area (Å²) in [5, 5.41) is 6.21. The van der Waals surface area contributed by atoms with Gasteiger partial charge in [0.1, 0.15) is 0 Å². The molecule has 0 saturated heterocycles. The van der Waals surface area contributed by atoms with Crippen LogP contribution in [0.3, 0.4) is 0 Å². The molecule has 0 aromatic heterocycles. The third-order valence-corrected chi connectivity index (χ3v) is 8.13. The van der Waals surface area contributed by atoms with Crippen molar-refractivity contribution in [1.29, 1.82) is 0 Å². The van der Waals surface area contributed by atoms with Crippen molar-refractivity contribution in [3.8, 4) is 0 Å². The van der Waals surface area contributed by atoms with Crippen LogP contribution < -0.4 is 24.9 Å². The van der Waals surface area contributed by atoms with Crippen LogP contribution in [0.15, 0.2) is 53.5 Å². The molecule has 3 aromatic carbocycles. The van der Waals surface area contributed by atoms with Crippen LogP contribution in [-0.2, 0) is 0 Å². The van der Waals surface area contributed by atoms with Crippen molar-refractivity contribution < 1.29 is 0 Å². The van der Waals surface area contributed by atoms with E-state index in [1.807, 2.05) is 0 Å². The van der Waals surface area contributed by atoms with Gasteiger partial charge in [-0.15, -0.1) is 0 Å². The summed E-state index contributed by atoms with van der Waals surface area (Å²) in [5.74, 6) is 0. The van der Waals surface area contributed by atoms with Gasteiger partial charge >= 0.3 is 192 Å². The molecule has 31 heavy (non-hydrogen) atoms. The summed E-state index contributed by atoms with van der Waals surface area (Å²) >= 11 is 0.245. The zero-order chi connectivity index (χ0) is 21.6. The van der Waals surface area contributed by atoms with Crippen LogP contribution in [0.5, 0.6) is 0 Å². The molecule has 0 amide bonds. The Morgan fingerprint density at radius 3 is 2.55 bits per heavy atom. The number of nitrogens with two attached hydrogens (primary N) is 1. The quantitative estimate of drug-likeness (QED) is 0.209. The van der Waals surface area contributed by atoms with E-state index in [2.05, 4.69) is 78.8 Å². The van der Waals surface area contributed by atoms with Gasteiger partial charge < -0.3 is 0 Å². The van der Waals surface area contributed by atoms with Gasteiger partial charge in [-0.1, -0.05) is 0 Å². The number of nitrogens with one attached hydrogen (secondary N) is 1. The third kappa shape index (κ3) is 4.79. The predicted molar refractivity (Wildman–Crippen MR) is 138 cm³/mol. The Morgan fingerprint density at radius 1 is 0.968 bits per heavy atom. The van der Waals surface area contributed by atoms with Crippen LogP contribution in [0.4, 0.5) is 22.7 Å². The number of rotatable bonds is 9. The average molecular weight is 480 g/mol. The standard InChI is InChI=1S/C26H32N4Se/c1-3-30(4-2)19-13-14-22-24(17-19)31-25-18-23(28-16-10-6-5-9-15-27)20-11-7-8-12-21(20)26(25)29-22/h7-8,11-14,16-18,29H,3-6,9-10,15,27H2,1-2H3. The minimum atomic E-state index is 0.245. The van der Waals surface area contributed by atoms with Crippen molar-refractivity contribution in [1.82, 2.24) is 0 Å². The van der Waals surface area contributed by atoms with Crippen molar-refractivity contribution in [3.63, 3.8) is 0 Å². The summed E-state index contributed by atoms with van der Waals surface area (Å²) in [6.07, 6.45) is 6.51. The van der Waals surface area contributed by atoms with Crippen LogP contribution >= 0.6 is 0 Å². The van der Waals surface area contributed by atoms with E-state index in [1.165, 1.54) is 43.2 Å². The molecule has 4 nitrogen and oxygen atoms in total. The molecule has 0 fully saturated rings. The van der Waals surface area contributed by atoms with Crippen molar-refractivity contribution in [2.45, 2.75) is 39.5 Å². The number of anilines is 3. The molecule has 1 aliphatic rings. The molecule has 0 radical (unpaired) electrons. The fraction of sp³-hybridized carbons (Fsp3) is 0.346. The molecular weight excluding hydrogens is 447 g/mol. The summed E-state index contributed by atoms with van der Waals surface area (Å²) in [7, 11) is 0. The third-order valence-electron chi connectivity index (χ3n) is 5.83. The van der Waals surface area contributed by atoms with Gasteiger partial charge in [-0.3, -0.25) is 0 Å². The Kier molecular flexibility index (Phi) is 7.29. The van der Waals surface area contributed by atoms with E-state index < -0.39 is 0 Å². The fourth-order valence-electron chi connectivity index (χ4n) is 4.10. The molecule has 3 N–H and O–H groups in total. The number of fused-ring (bicyclic) bond motifs is 4. The molecule has 0 aliphatic carbocycles. The van der Waals surface area contributed by atoms with Crippen LogP contribution in [0.25, 0.3) is 10.8 Å². The summed E-state index contributed by atoms with van der Waals surface area (Å²) in [6, 6.07) is 17.8. The van der Waals surface area contributed by atoms with Crippen LogP contribution in [-0.4, -0.2) is 40.8 Å². The van der Waals surface area contributed by atoms with Crippen molar-refractivity contribution in [2.75, 3.05) is 29.9 Å². The molecule has 4 rings (SSSR count). The van der Waals surface area contributed by atoms with Crippen molar-refractivity contribution in [2.24, 2.45) is 10.7 Å². The first-order chi connectivity index (χ1) is 15.2. The second-order valence-corrected chi connectivity index (χ2v) is 10.1. The van der Waals surface area contributed by atoms with Gasteiger partial charge in [-0.2, -0.15) is 0 Å². The van der Waals surface area contributed by atoms with Crippen LogP contribution in [0, 0.1) is 0 Å². The average Bonchev–Trinajstić information content (AvgIpc) is 2.81. The molecule has 0 spiro atoms. The zero-order valence-electron chi connectivity index (χ0n) is 18.5. The molecule has 0 atom stereocenters. The Bertz CT molecular complexity index is 1070. The van der Waals surface area contributed by atoms with Gasteiger partial charge in [0, 0.05) is 0 Å². The summed E-state index contributed by atoms with van der Waals surface area (Å²) in [5.41, 5.74) is 10.5. The fourth-order valence-corrected chi connectivity index (χ4v) is 6.37. The first-order valence-electron chi connectivity index (χ1n) is 11.4. The summed E-state index contributed by atoms with van der Waals surface area (Å²) < 4.78 is 2.79. The summed E-state index contributed by atoms with van der Waals surface area (Å²) in [6.45, 7) is 7.27. The number of hydrogen-bond donors (Lipinski definition) is 2. The molecule has 1 aliphatic heterocycles. The number of unbranched alkanes of at least 4 members (excludes halogenated alkanes) is 3. The zero-order valence-corrected chi connectivity index (χ0v) is 20.2. The number of benzene rings is 3.